The van der Waals surface area contributed by atoms with Gasteiger partial charge in [-0.05, 0) is 49.7 Å². The average Bonchev–Trinajstić information content (AvgIpc) is 3.12. The van der Waals surface area contributed by atoms with E-state index in [1.165, 1.54) is 0 Å². The van der Waals surface area contributed by atoms with E-state index in [1.807, 2.05) is 43.3 Å². The molecule has 3 aromatic rings. The molecular weight excluding hydrogens is 372 g/mol. The average molecular weight is 397 g/mol. The molecule has 2 aromatic heterocycles. The van der Waals surface area contributed by atoms with Crippen LogP contribution in [0.5, 0.6) is 0 Å². The number of hydrogen-bond donors (Lipinski definition) is 2. The maximum atomic E-state index is 12.2. The van der Waals surface area contributed by atoms with Crippen molar-refractivity contribution in [1.82, 2.24) is 10.1 Å². The van der Waals surface area contributed by atoms with Crippen LogP contribution in [0.15, 0.2) is 63.0 Å². The van der Waals surface area contributed by atoms with E-state index in [0.717, 1.165) is 27.6 Å². The normalized spacial score (nSPS) is 11.3. The second-order valence-electron chi connectivity index (χ2n) is 7.15. The summed E-state index contributed by atoms with van der Waals surface area (Å²) in [6.07, 6.45) is 2.73. The number of aryl methyl sites for hydroxylation is 1. The number of urea groups is 1. The van der Waals surface area contributed by atoms with Crippen molar-refractivity contribution < 1.29 is 9.32 Å². The van der Waals surface area contributed by atoms with Crippen molar-refractivity contribution in [3.8, 4) is 0 Å². The first-order chi connectivity index (χ1) is 13.4. The summed E-state index contributed by atoms with van der Waals surface area (Å²) in [7, 11) is 0. The van der Waals surface area contributed by atoms with Crippen molar-refractivity contribution in [3.63, 3.8) is 0 Å². The molecule has 146 valence electrons. The molecule has 0 unspecified atom stereocenters. The van der Waals surface area contributed by atoms with Gasteiger partial charge in [-0.2, -0.15) is 0 Å². The molecule has 2 N–H and O–H groups in total. The summed E-state index contributed by atoms with van der Waals surface area (Å²) in [6, 6.07) is 13.1. The molecule has 1 aromatic carbocycles. The molecule has 0 atom stereocenters. The van der Waals surface area contributed by atoms with Crippen LogP contribution in [0, 0.1) is 6.92 Å². The first kappa shape index (κ1) is 19.9. The zero-order valence-electron chi connectivity index (χ0n) is 16.4. The van der Waals surface area contributed by atoms with Crippen molar-refractivity contribution >= 4 is 29.4 Å². The molecule has 0 saturated carbocycles. The number of carbonyl (C=O) groups excluding carboxylic acids is 1. The molecule has 0 aliphatic carbocycles. The van der Waals surface area contributed by atoms with Crippen LogP contribution in [0.1, 0.15) is 38.6 Å². The molecule has 2 amide bonds. The summed E-state index contributed by atoms with van der Waals surface area (Å²) in [4.78, 5) is 18.6. The Kier molecular flexibility index (Phi) is 6.04. The summed E-state index contributed by atoms with van der Waals surface area (Å²) >= 11 is 1.65. The van der Waals surface area contributed by atoms with E-state index in [9.17, 15) is 4.79 Å². The van der Waals surface area contributed by atoms with Gasteiger partial charge in [-0.15, -0.1) is 0 Å². The maximum Gasteiger partial charge on any atom is 0.326 e. The van der Waals surface area contributed by atoms with E-state index in [-0.39, 0.29) is 11.4 Å². The van der Waals surface area contributed by atoms with Gasteiger partial charge in [-0.25, -0.2) is 4.79 Å². The second-order valence-corrected chi connectivity index (χ2v) is 8.30. The lowest BCUT2D eigenvalue weighted by atomic mass is 9.87. The lowest BCUT2D eigenvalue weighted by molar-refractivity contribution is 0.261. The molecule has 3 rings (SSSR count). The molecule has 0 aliphatic heterocycles. The lowest BCUT2D eigenvalue weighted by Crippen LogP contribution is -2.19. The number of aromatic nitrogens is 2. The van der Waals surface area contributed by atoms with Crippen LogP contribution in [-0.4, -0.2) is 16.2 Å². The van der Waals surface area contributed by atoms with E-state index in [4.69, 9.17) is 4.52 Å². The minimum absolute atomic E-state index is 0.0965. The summed E-state index contributed by atoms with van der Waals surface area (Å²) in [5.74, 6) is 0.328. The maximum absolute atomic E-state index is 12.2. The van der Waals surface area contributed by atoms with Crippen LogP contribution < -0.4 is 10.6 Å². The van der Waals surface area contributed by atoms with E-state index in [2.05, 4.69) is 41.5 Å². The van der Waals surface area contributed by atoms with Crippen molar-refractivity contribution in [1.29, 1.82) is 0 Å². The molecule has 0 spiro atoms. The number of rotatable bonds is 6. The second kappa shape index (κ2) is 8.48. The van der Waals surface area contributed by atoms with Gasteiger partial charge in [0.15, 0.2) is 0 Å². The predicted octanol–water partition coefficient (Wildman–Crippen LogP) is 5.86. The Bertz CT molecular complexity index is 951. The van der Waals surface area contributed by atoms with Crippen LogP contribution in [-0.2, 0) is 5.41 Å². The Labute approximate surface area is 169 Å². The fourth-order valence-corrected chi connectivity index (χ4v) is 3.34. The van der Waals surface area contributed by atoms with Gasteiger partial charge in [0.25, 0.3) is 0 Å². The highest BCUT2D eigenvalue weighted by molar-refractivity contribution is 7.99. The highest BCUT2D eigenvalue weighted by Gasteiger charge is 2.23. The smallest absolute Gasteiger partial charge is 0.326 e. The zero-order valence-corrected chi connectivity index (χ0v) is 17.3. The molecule has 0 saturated heterocycles. The van der Waals surface area contributed by atoms with E-state index in [1.54, 1.807) is 24.0 Å². The molecule has 28 heavy (non-hydrogen) atoms. The fraction of sp³-hybridized carbons (Fsp3) is 0.286. The molecule has 7 heteroatoms. The molecule has 2 heterocycles. The highest BCUT2D eigenvalue weighted by atomic mass is 32.2. The van der Waals surface area contributed by atoms with Gasteiger partial charge in [0.2, 0.25) is 5.88 Å². The molecule has 6 nitrogen and oxygen atoms in total. The van der Waals surface area contributed by atoms with Gasteiger partial charge in [-0.1, -0.05) is 37.7 Å². The Morgan fingerprint density at radius 2 is 1.86 bits per heavy atom. The number of hydrogen-bond acceptors (Lipinski definition) is 5. The number of amides is 2. The molecule has 0 radical (unpaired) electrons. The first-order valence-electron chi connectivity index (χ1n) is 9.11. The minimum atomic E-state index is -0.373. The van der Waals surface area contributed by atoms with Crippen LogP contribution in [0.3, 0.4) is 0 Å². The van der Waals surface area contributed by atoms with Gasteiger partial charge in [0.05, 0.1) is 5.69 Å². The number of anilines is 2. The number of benzene rings is 1. The van der Waals surface area contributed by atoms with Gasteiger partial charge < -0.3 is 9.84 Å². The van der Waals surface area contributed by atoms with Gasteiger partial charge in [0.1, 0.15) is 0 Å². The lowest BCUT2D eigenvalue weighted by Gasteiger charge is -2.18. The van der Waals surface area contributed by atoms with Crippen molar-refractivity contribution in [2.24, 2.45) is 0 Å². The van der Waals surface area contributed by atoms with E-state index in [0.29, 0.717) is 11.6 Å². The Balaban J connectivity index is 1.57. The fourth-order valence-electron chi connectivity index (χ4n) is 2.43. The summed E-state index contributed by atoms with van der Waals surface area (Å²) < 4.78 is 5.23. The molecule has 0 aliphatic rings. The van der Waals surface area contributed by atoms with Crippen molar-refractivity contribution in [3.05, 3.63) is 60.0 Å². The summed E-state index contributed by atoms with van der Waals surface area (Å²) in [6.45, 7) is 8.23. The SMILES string of the molecule is CCC(C)(C)c1cc(NC(=O)Nc2ccc(Sc3ccnc(C)c3)cc2)on1. The Morgan fingerprint density at radius 3 is 2.54 bits per heavy atom. The number of pyridine rings is 1. The predicted molar refractivity (Wildman–Crippen MR) is 112 cm³/mol. The van der Waals surface area contributed by atoms with Crippen LogP contribution >= 0.6 is 11.8 Å². The number of nitrogens with one attached hydrogen (secondary N) is 2. The van der Waals surface area contributed by atoms with Crippen molar-refractivity contribution in [2.75, 3.05) is 10.6 Å². The molecular formula is C21H24N4O2S. The number of nitrogens with zero attached hydrogens (tertiary/aromatic N) is 2. The van der Waals surface area contributed by atoms with Crippen LogP contribution in [0.4, 0.5) is 16.4 Å². The van der Waals surface area contributed by atoms with Gasteiger partial charge in [-0.3, -0.25) is 10.3 Å². The standard InChI is InChI=1S/C21H24N4O2S/c1-5-21(3,4)18-13-19(27-25-18)24-20(26)23-15-6-8-16(9-7-15)28-17-10-11-22-14(2)12-17/h6-13H,5H2,1-4H3,(H2,23,24,26). The number of carbonyl (C=O) groups is 1. The monoisotopic (exact) mass is 396 g/mol. The minimum Gasteiger partial charge on any atom is -0.338 e. The third-order valence-electron chi connectivity index (χ3n) is 4.54. The first-order valence-corrected chi connectivity index (χ1v) is 9.93. The summed E-state index contributed by atoms with van der Waals surface area (Å²) in [5, 5.41) is 9.52. The third-order valence-corrected chi connectivity index (χ3v) is 5.54. The van der Waals surface area contributed by atoms with E-state index >= 15 is 0 Å². The Morgan fingerprint density at radius 1 is 1.11 bits per heavy atom. The van der Waals surface area contributed by atoms with Gasteiger partial charge in [0, 0.05) is 38.9 Å². The zero-order chi connectivity index (χ0) is 20.1. The third kappa shape index (κ3) is 5.13. The topological polar surface area (TPSA) is 80.0 Å². The van der Waals surface area contributed by atoms with Crippen molar-refractivity contribution in [2.45, 2.75) is 49.3 Å². The summed E-state index contributed by atoms with van der Waals surface area (Å²) in [5.41, 5.74) is 2.40. The van der Waals surface area contributed by atoms with Crippen LogP contribution in [0.2, 0.25) is 0 Å². The molecule has 0 bridgehead atoms. The Hall–Kier alpha value is -2.80. The largest absolute Gasteiger partial charge is 0.338 e. The van der Waals surface area contributed by atoms with Gasteiger partial charge >= 0.3 is 6.03 Å². The van der Waals surface area contributed by atoms with E-state index < -0.39 is 0 Å². The molecule has 0 fully saturated rings. The quantitative estimate of drug-likeness (QED) is 0.545. The highest BCUT2D eigenvalue weighted by Crippen LogP contribution is 2.29. The van der Waals surface area contributed by atoms with Crippen LogP contribution in [0.25, 0.3) is 0 Å².